The van der Waals surface area contributed by atoms with E-state index in [0.717, 1.165) is 11.0 Å². The van der Waals surface area contributed by atoms with Crippen LogP contribution in [-0.4, -0.2) is 50.1 Å². The molecule has 2 N–H and O–H groups in total. The van der Waals surface area contributed by atoms with E-state index in [0.29, 0.717) is 6.42 Å². The Hall–Kier alpha value is -2.45. The zero-order valence-electron chi connectivity index (χ0n) is 9.62. The van der Waals surface area contributed by atoms with Crippen LogP contribution in [-0.2, 0) is 4.79 Å². The first-order valence-corrected chi connectivity index (χ1v) is 5.16. The van der Waals surface area contributed by atoms with Crippen molar-refractivity contribution >= 4 is 17.7 Å². The van der Waals surface area contributed by atoms with Crippen molar-refractivity contribution in [3.8, 4) is 0 Å². The smallest absolute Gasteiger partial charge is 0.343 e. The number of carboxylic acid groups (broad SMARTS) is 1. The number of rotatable bonds is 6. The summed E-state index contributed by atoms with van der Waals surface area (Å²) in [7, 11) is 0. The third-order valence-electron chi connectivity index (χ3n) is 2.09. The molecule has 0 atom stereocenters. The van der Waals surface area contributed by atoms with E-state index in [4.69, 9.17) is 5.11 Å². The summed E-state index contributed by atoms with van der Waals surface area (Å²) in [5.41, 5.74) is -0.170. The lowest BCUT2D eigenvalue weighted by Crippen LogP contribution is -2.36. The maximum Gasteiger partial charge on any atom is 0.343 e. The third kappa shape index (κ3) is 3.27. The quantitative estimate of drug-likeness (QED) is 0.554. The molecule has 0 spiro atoms. The molecule has 0 aliphatic heterocycles. The number of aromatic nitrogens is 2. The van der Waals surface area contributed by atoms with Crippen LogP contribution < -0.4 is 0 Å². The predicted molar refractivity (Wildman–Crippen MR) is 59.1 cm³/mol. The van der Waals surface area contributed by atoms with Gasteiger partial charge in [-0.05, 0) is 11.3 Å². The van der Waals surface area contributed by atoms with E-state index >= 15 is 0 Å². The number of aliphatic carboxylic acids is 1. The minimum absolute atomic E-state index is 0.170. The van der Waals surface area contributed by atoms with Gasteiger partial charge in [0.05, 0.1) is 6.07 Å². The summed E-state index contributed by atoms with van der Waals surface area (Å²) in [6, 6.07) is 0.979. The van der Waals surface area contributed by atoms with E-state index in [9.17, 15) is 19.7 Å². The van der Waals surface area contributed by atoms with Gasteiger partial charge < -0.3 is 20.1 Å². The Morgan fingerprint density at radius 2 is 2.28 bits per heavy atom. The average molecular weight is 256 g/mol. The number of carbonyl (C=O) groups excluding carboxylic acids is 1. The highest BCUT2D eigenvalue weighted by Crippen LogP contribution is 2.10. The highest BCUT2D eigenvalue weighted by molar-refractivity contribution is 5.94. The van der Waals surface area contributed by atoms with Gasteiger partial charge in [0, 0.05) is 6.54 Å². The van der Waals surface area contributed by atoms with Gasteiger partial charge >= 0.3 is 11.8 Å². The maximum absolute atomic E-state index is 11.9. The third-order valence-corrected chi connectivity index (χ3v) is 2.09. The number of aromatic amines is 1. The summed E-state index contributed by atoms with van der Waals surface area (Å²) >= 11 is 0. The van der Waals surface area contributed by atoms with Crippen molar-refractivity contribution < 1.29 is 19.6 Å². The normalized spacial score (nSPS) is 10.1. The lowest BCUT2D eigenvalue weighted by molar-refractivity contribution is -0.389. The molecule has 18 heavy (non-hydrogen) atoms. The van der Waals surface area contributed by atoms with Crippen LogP contribution in [0.25, 0.3) is 0 Å². The fraction of sp³-hybridized carbons (Fsp3) is 0.444. The maximum atomic E-state index is 11.9. The number of nitrogens with one attached hydrogen (secondary N) is 1. The second kappa shape index (κ2) is 5.75. The van der Waals surface area contributed by atoms with E-state index < -0.39 is 29.2 Å². The van der Waals surface area contributed by atoms with Gasteiger partial charge in [0.1, 0.15) is 6.54 Å². The highest BCUT2D eigenvalue weighted by Gasteiger charge is 2.23. The van der Waals surface area contributed by atoms with Gasteiger partial charge in [0.15, 0.2) is 5.69 Å². The van der Waals surface area contributed by atoms with E-state index in [1.807, 2.05) is 0 Å². The molecule has 1 rings (SSSR count). The zero-order chi connectivity index (χ0) is 13.7. The first-order valence-electron chi connectivity index (χ1n) is 5.16. The van der Waals surface area contributed by atoms with Crippen LogP contribution in [0.2, 0.25) is 0 Å². The second-order valence-electron chi connectivity index (χ2n) is 3.52. The van der Waals surface area contributed by atoms with Gasteiger partial charge in [0.2, 0.25) is 0 Å². The molecule has 0 fully saturated rings. The minimum Gasteiger partial charge on any atom is -0.480 e. The van der Waals surface area contributed by atoms with Crippen LogP contribution >= 0.6 is 0 Å². The molecule has 1 aromatic rings. The second-order valence-corrected chi connectivity index (χ2v) is 3.52. The number of carboxylic acids is 1. The first-order chi connectivity index (χ1) is 8.45. The molecular weight excluding hydrogens is 244 g/mol. The summed E-state index contributed by atoms with van der Waals surface area (Å²) < 4.78 is 0. The number of amides is 1. The average Bonchev–Trinajstić information content (AvgIpc) is 2.76. The summed E-state index contributed by atoms with van der Waals surface area (Å²) in [5, 5.41) is 24.7. The standard InChI is InChI=1S/C9H12N4O5/c1-2-3-12(5-8(14)15)9(16)6-4-7(11-10-6)13(17)18/h4H,2-3,5H2,1H3,(H,10,11)(H,14,15). The van der Waals surface area contributed by atoms with E-state index in [-0.39, 0.29) is 12.2 Å². The Labute approximate surface area is 102 Å². The Morgan fingerprint density at radius 3 is 2.72 bits per heavy atom. The van der Waals surface area contributed by atoms with Crippen LogP contribution in [0, 0.1) is 10.1 Å². The molecule has 0 unspecified atom stereocenters. The largest absolute Gasteiger partial charge is 0.480 e. The van der Waals surface area contributed by atoms with E-state index in [2.05, 4.69) is 10.2 Å². The van der Waals surface area contributed by atoms with Gasteiger partial charge in [-0.25, -0.2) is 0 Å². The van der Waals surface area contributed by atoms with Gasteiger partial charge in [-0.1, -0.05) is 12.0 Å². The lowest BCUT2D eigenvalue weighted by atomic mass is 10.3. The molecule has 0 radical (unpaired) electrons. The fourth-order valence-electron chi connectivity index (χ4n) is 1.36. The SMILES string of the molecule is CCCN(CC(=O)O)C(=O)c1cc([N+](=O)[O-])[nH]n1. The van der Waals surface area contributed by atoms with Crippen molar-refractivity contribution in [1.29, 1.82) is 0 Å². The van der Waals surface area contributed by atoms with Crippen molar-refractivity contribution in [2.75, 3.05) is 13.1 Å². The predicted octanol–water partition coefficient (Wildman–Crippen LogP) is 0.255. The zero-order valence-corrected chi connectivity index (χ0v) is 9.62. The monoisotopic (exact) mass is 256 g/mol. The number of hydrogen-bond donors (Lipinski definition) is 2. The molecule has 0 saturated heterocycles. The van der Waals surface area contributed by atoms with Crippen LogP contribution in [0.15, 0.2) is 6.07 Å². The molecule has 98 valence electrons. The van der Waals surface area contributed by atoms with Gasteiger partial charge in [-0.3, -0.25) is 9.59 Å². The fourth-order valence-corrected chi connectivity index (χ4v) is 1.36. The Balaban J connectivity index is 2.87. The van der Waals surface area contributed by atoms with Crippen molar-refractivity contribution in [3.05, 3.63) is 21.9 Å². The molecule has 0 aliphatic rings. The molecule has 9 nitrogen and oxygen atoms in total. The first kappa shape index (κ1) is 13.6. The Morgan fingerprint density at radius 1 is 1.61 bits per heavy atom. The van der Waals surface area contributed by atoms with Gasteiger partial charge in [-0.15, -0.1) is 5.10 Å². The molecule has 0 bridgehead atoms. The molecule has 0 saturated carbocycles. The van der Waals surface area contributed by atoms with Crippen LogP contribution in [0.3, 0.4) is 0 Å². The molecule has 9 heteroatoms. The molecule has 0 aromatic carbocycles. The topological polar surface area (TPSA) is 129 Å². The number of nitrogens with zero attached hydrogens (tertiary/aromatic N) is 3. The molecule has 1 amide bonds. The van der Waals surface area contributed by atoms with Crippen molar-refractivity contribution in [2.24, 2.45) is 0 Å². The number of nitro groups is 1. The van der Waals surface area contributed by atoms with Gasteiger partial charge in [-0.2, -0.15) is 0 Å². The Bertz CT molecular complexity index is 469. The summed E-state index contributed by atoms with van der Waals surface area (Å²) in [6.45, 7) is 1.56. The summed E-state index contributed by atoms with van der Waals surface area (Å²) in [5.74, 6) is -2.21. The van der Waals surface area contributed by atoms with E-state index in [1.165, 1.54) is 0 Å². The van der Waals surface area contributed by atoms with Crippen molar-refractivity contribution in [3.63, 3.8) is 0 Å². The van der Waals surface area contributed by atoms with E-state index in [1.54, 1.807) is 6.92 Å². The van der Waals surface area contributed by atoms with Crippen LogP contribution in [0.4, 0.5) is 5.82 Å². The van der Waals surface area contributed by atoms with Crippen LogP contribution in [0.5, 0.6) is 0 Å². The number of H-pyrrole nitrogens is 1. The molecular formula is C9H12N4O5. The summed E-state index contributed by atoms with van der Waals surface area (Å²) in [4.78, 5) is 33.2. The van der Waals surface area contributed by atoms with Crippen LogP contribution in [0.1, 0.15) is 23.8 Å². The molecule has 0 aliphatic carbocycles. The van der Waals surface area contributed by atoms with Crippen molar-refractivity contribution in [1.82, 2.24) is 15.1 Å². The molecule has 1 heterocycles. The number of carbonyl (C=O) groups is 2. The minimum atomic E-state index is -1.15. The number of hydrogen-bond acceptors (Lipinski definition) is 5. The lowest BCUT2D eigenvalue weighted by Gasteiger charge is -2.17. The van der Waals surface area contributed by atoms with Crippen molar-refractivity contribution in [2.45, 2.75) is 13.3 Å². The van der Waals surface area contributed by atoms with Gasteiger partial charge in [0.25, 0.3) is 5.91 Å². The summed E-state index contributed by atoms with van der Waals surface area (Å²) in [6.07, 6.45) is 0.575. The highest BCUT2D eigenvalue weighted by atomic mass is 16.6. The molecule has 1 aromatic heterocycles. The Kier molecular flexibility index (Phi) is 4.35.